The van der Waals surface area contributed by atoms with Crippen LogP contribution in [0.25, 0.3) is 0 Å². The molecule has 0 aliphatic heterocycles. The molecule has 1 rings (SSSR count). The van der Waals surface area contributed by atoms with Crippen LogP contribution in [0.4, 0.5) is 17.8 Å². The van der Waals surface area contributed by atoms with Crippen molar-refractivity contribution in [3.63, 3.8) is 0 Å². The molecule has 1 heterocycles. The van der Waals surface area contributed by atoms with E-state index in [4.69, 9.17) is 5.84 Å². The summed E-state index contributed by atoms with van der Waals surface area (Å²) in [5, 5.41) is 3.05. The minimum Gasteiger partial charge on any atom is -0.353 e. The van der Waals surface area contributed by atoms with Gasteiger partial charge in [0, 0.05) is 41.9 Å². The summed E-state index contributed by atoms with van der Waals surface area (Å²) in [5.41, 5.74) is 2.43. The van der Waals surface area contributed by atoms with Crippen molar-refractivity contribution in [1.29, 1.82) is 0 Å². The van der Waals surface area contributed by atoms with Gasteiger partial charge in [-0.05, 0) is 13.8 Å². The van der Waals surface area contributed by atoms with Crippen LogP contribution in [0.15, 0.2) is 0 Å². The highest BCUT2D eigenvalue weighted by Gasteiger charge is 2.10. The van der Waals surface area contributed by atoms with Gasteiger partial charge >= 0.3 is 0 Å². The molecular weight excluding hydrogens is 278 g/mol. The van der Waals surface area contributed by atoms with Crippen molar-refractivity contribution in [3.05, 3.63) is 0 Å². The Balaban J connectivity index is 2.79. The third kappa shape index (κ3) is 4.89. The van der Waals surface area contributed by atoms with E-state index in [1.165, 1.54) is 0 Å². The SMILES string of the molecule is CCN(CC)c1nc(NN)nc(NCCS(=O)CC)n1. The first kappa shape index (κ1) is 16.6. The van der Waals surface area contributed by atoms with E-state index in [1.54, 1.807) is 0 Å². The maximum atomic E-state index is 11.4. The molecule has 0 spiro atoms. The lowest BCUT2D eigenvalue weighted by atomic mass is 10.5. The van der Waals surface area contributed by atoms with Gasteiger partial charge in [-0.2, -0.15) is 15.0 Å². The highest BCUT2D eigenvalue weighted by atomic mass is 32.2. The molecule has 9 heteroatoms. The molecule has 0 saturated carbocycles. The van der Waals surface area contributed by atoms with Crippen LogP contribution in [0.2, 0.25) is 0 Å². The van der Waals surface area contributed by atoms with Crippen LogP contribution in [-0.4, -0.2) is 50.3 Å². The third-order valence-electron chi connectivity index (χ3n) is 2.73. The number of rotatable bonds is 9. The fourth-order valence-corrected chi connectivity index (χ4v) is 2.20. The van der Waals surface area contributed by atoms with E-state index >= 15 is 0 Å². The minimum atomic E-state index is -0.810. The number of aromatic nitrogens is 3. The van der Waals surface area contributed by atoms with Gasteiger partial charge in [-0.1, -0.05) is 6.92 Å². The van der Waals surface area contributed by atoms with Crippen molar-refractivity contribution in [3.8, 4) is 0 Å². The highest BCUT2D eigenvalue weighted by Crippen LogP contribution is 2.12. The van der Waals surface area contributed by atoms with Gasteiger partial charge in [0.15, 0.2) is 0 Å². The van der Waals surface area contributed by atoms with Crippen molar-refractivity contribution in [2.24, 2.45) is 5.84 Å². The van der Waals surface area contributed by atoms with Crippen LogP contribution in [0.1, 0.15) is 20.8 Å². The third-order valence-corrected chi connectivity index (χ3v) is 4.04. The van der Waals surface area contributed by atoms with Crippen molar-refractivity contribution < 1.29 is 4.21 Å². The quantitative estimate of drug-likeness (QED) is 0.438. The maximum Gasteiger partial charge on any atom is 0.243 e. The molecule has 0 fully saturated rings. The summed E-state index contributed by atoms with van der Waals surface area (Å²) < 4.78 is 11.4. The first-order valence-electron chi connectivity index (χ1n) is 6.71. The zero-order chi connectivity index (χ0) is 15.0. The van der Waals surface area contributed by atoms with Crippen LogP contribution in [0.5, 0.6) is 0 Å². The fraction of sp³-hybridized carbons (Fsp3) is 0.727. The predicted molar refractivity (Wildman–Crippen MR) is 83.2 cm³/mol. The summed E-state index contributed by atoms with van der Waals surface area (Å²) in [6.45, 7) is 8.09. The van der Waals surface area contributed by atoms with E-state index in [2.05, 4.69) is 25.7 Å². The van der Waals surface area contributed by atoms with Crippen LogP contribution < -0.4 is 21.5 Å². The van der Waals surface area contributed by atoms with Crippen LogP contribution in [0.3, 0.4) is 0 Å². The minimum absolute atomic E-state index is 0.306. The largest absolute Gasteiger partial charge is 0.353 e. The number of nitrogens with zero attached hydrogens (tertiary/aromatic N) is 4. The van der Waals surface area contributed by atoms with Crippen molar-refractivity contribution in [2.45, 2.75) is 20.8 Å². The standard InChI is InChI=1S/C11H23N7OS/c1-4-18(5-2)11-15-9(14-10(16-11)17-12)13-7-8-20(19)6-3/h4-8,12H2,1-3H3,(H2,13,14,15,16,17). The van der Waals surface area contributed by atoms with E-state index in [9.17, 15) is 4.21 Å². The molecule has 1 aromatic rings. The van der Waals surface area contributed by atoms with Crippen LogP contribution in [-0.2, 0) is 10.8 Å². The second-order valence-electron chi connectivity index (χ2n) is 3.96. The Bertz CT molecular complexity index is 439. The second kappa shape index (κ2) is 8.64. The van der Waals surface area contributed by atoms with Gasteiger partial charge in [0.2, 0.25) is 17.8 Å². The maximum absolute atomic E-state index is 11.4. The number of nitrogens with two attached hydrogens (primary N) is 1. The molecule has 0 aliphatic carbocycles. The van der Waals surface area contributed by atoms with Gasteiger partial charge in [-0.3, -0.25) is 9.63 Å². The molecule has 0 aromatic carbocycles. The molecule has 0 bridgehead atoms. The Labute approximate surface area is 122 Å². The molecule has 20 heavy (non-hydrogen) atoms. The molecule has 4 N–H and O–H groups in total. The average molecular weight is 301 g/mol. The summed E-state index contributed by atoms with van der Waals surface area (Å²) in [4.78, 5) is 14.7. The first-order chi connectivity index (χ1) is 9.64. The smallest absolute Gasteiger partial charge is 0.243 e. The Morgan fingerprint density at radius 1 is 1.15 bits per heavy atom. The summed E-state index contributed by atoms with van der Waals surface area (Å²) >= 11 is 0. The van der Waals surface area contributed by atoms with Crippen LogP contribution in [0, 0.1) is 0 Å². The lowest BCUT2D eigenvalue weighted by Crippen LogP contribution is -2.26. The molecule has 1 aromatic heterocycles. The van der Waals surface area contributed by atoms with E-state index in [1.807, 2.05) is 25.7 Å². The lowest BCUT2D eigenvalue weighted by molar-refractivity contribution is 0.684. The molecular formula is C11H23N7OS. The van der Waals surface area contributed by atoms with Gasteiger partial charge in [0.1, 0.15) is 0 Å². The number of hydrogen-bond acceptors (Lipinski definition) is 8. The van der Waals surface area contributed by atoms with E-state index in [-0.39, 0.29) is 0 Å². The first-order valence-corrected chi connectivity index (χ1v) is 8.19. The molecule has 0 aliphatic rings. The number of hydrazine groups is 1. The Kier molecular flexibility index (Phi) is 7.16. The molecule has 0 saturated heterocycles. The predicted octanol–water partition coefficient (Wildman–Crippen LogP) is 0.184. The zero-order valence-electron chi connectivity index (χ0n) is 12.2. The second-order valence-corrected chi connectivity index (χ2v) is 5.82. The Hall–Kier alpha value is -1.48. The average Bonchev–Trinajstić information content (AvgIpc) is 2.48. The highest BCUT2D eigenvalue weighted by molar-refractivity contribution is 7.84. The topological polar surface area (TPSA) is 109 Å². The van der Waals surface area contributed by atoms with Gasteiger partial charge in [-0.15, -0.1) is 0 Å². The van der Waals surface area contributed by atoms with E-state index in [0.717, 1.165) is 13.1 Å². The lowest BCUT2D eigenvalue weighted by Gasteiger charge is -2.19. The monoisotopic (exact) mass is 301 g/mol. The Morgan fingerprint density at radius 3 is 2.35 bits per heavy atom. The van der Waals surface area contributed by atoms with Gasteiger partial charge < -0.3 is 10.2 Å². The molecule has 0 radical (unpaired) electrons. The van der Waals surface area contributed by atoms with Crippen molar-refractivity contribution in [2.75, 3.05) is 46.8 Å². The molecule has 1 atom stereocenters. The number of nitrogens with one attached hydrogen (secondary N) is 2. The van der Waals surface area contributed by atoms with Gasteiger partial charge in [-0.25, -0.2) is 5.84 Å². The molecule has 1 unspecified atom stereocenters. The van der Waals surface area contributed by atoms with Crippen molar-refractivity contribution in [1.82, 2.24) is 15.0 Å². The number of hydrogen-bond donors (Lipinski definition) is 3. The zero-order valence-corrected chi connectivity index (χ0v) is 13.0. The normalized spacial score (nSPS) is 12.0. The summed E-state index contributed by atoms with van der Waals surface area (Å²) in [7, 11) is -0.810. The molecule has 114 valence electrons. The fourth-order valence-electron chi connectivity index (χ4n) is 1.58. The molecule has 0 amide bonds. The van der Waals surface area contributed by atoms with Crippen molar-refractivity contribution >= 4 is 28.6 Å². The Morgan fingerprint density at radius 2 is 1.80 bits per heavy atom. The number of anilines is 3. The van der Waals surface area contributed by atoms with Crippen LogP contribution >= 0.6 is 0 Å². The summed E-state index contributed by atoms with van der Waals surface area (Å²) in [5.74, 6) is 7.89. The van der Waals surface area contributed by atoms with E-state index < -0.39 is 10.8 Å². The number of nitrogen functional groups attached to an aromatic ring is 1. The van der Waals surface area contributed by atoms with Gasteiger partial charge in [0.05, 0.1) is 0 Å². The summed E-state index contributed by atoms with van der Waals surface area (Å²) in [6.07, 6.45) is 0. The molecule has 8 nitrogen and oxygen atoms in total. The summed E-state index contributed by atoms with van der Waals surface area (Å²) in [6, 6.07) is 0. The van der Waals surface area contributed by atoms with Gasteiger partial charge in [0.25, 0.3) is 0 Å². The van der Waals surface area contributed by atoms with E-state index in [0.29, 0.717) is 35.9 Å².